The van der Waals surface area contributed by atoms with E-state index in [0.29, 0.717) is 5.56 Å². The summed E-state index contributed by atoms with van der Waals surface area (Å²) in [5, 5.41) is 5.20. The van der Waals surface area contributed by atoms with E-state index in [1.165, 1.54) is 18.4 Å². The largest absolute Gasteiger partial charge is 0.468 e. The average molecular weight is 248 g/mol. The lowest BCUT2D eigenvalue weighted by Gasteiger charge is -2.07. The molecule has 1 amide bonds. The maximum atomic E-state index is 11.4. The number of methoxy groups -OCH3 is 1. The summed E-state index contributed by atoms with van der Waals surface area (Å²) in [5.41, 5.74) is 0.564. The first-order chi connectivity index (χ1) is 7.15. The number of hydrogen-bond acceptors (Lipinski definition) is 4. The fourth-order valence-corrected chi connectivity index (χ4v) is 1.69. The molecule has 1 rings (SSSR count). The van der Waals surface area contributed by atoms with Crippen LogP contribution in [0.25, 0.3) is 0 Å². The van der Waals surface area contributed by atoms with Gasteiger partial charge in [-0.3, -0.25) is 9.59 Å². The zero-order valence-corrected chi connectivity index (χ0v) is 9.60. The van der Waals surface area contributed by atoms with Crippen molar-refractivity contribution in [2.45, 2.75) is 5.38 Å². The highest BCUT2D eigenvalue weighted by Gasteiger charge is 2.16. The lowest BCUT2D eigenvalue weighted by atomic mass is 10.3. The van der Waals surface area contributed by atoms with Gasteiger partial charge in [-0.05, 0) is 11.4 Å². The van der Waals surface area contributed by atoms with Crippen molar-refractivity contribution < 1.29 is 14.3 Å². The molecule has 4 nitrogen and oxygen atoms in total. The Balaban J connectivity index is 2.38. The summed E-state index contributed by atoms with van der Waals surface area (Å²) in [4.78, 5) is 22.3. The molecule has 0 radical (unpaired) electrons. The first kappa shape index (κ1) is 12.0. The van der Waals surface area contributed by atoms with Gasteiger partial charge in [-0.2, -0.15) is 11.3 Å². The number of alkyl halides is 1. The Labute approximate surface area is 96.2 Å². The number of thiophene rings is 1. The Kier molecular flexibility index (Phi) is 4.58. The monoisotopic (exact) mass is 247 g/mol. The summed E-state index contributed by atoms with van der Waals surface area (Å²) in [6.07, 6.45) is 0. The molecule has 0 saturated heterocycles. The number of ether oxygens (including phenoxy) is 1. The second-order valence-electron chi connectivity index (χ2n) is 2.71. The summed E-state index contributed by atoms with van der Waals surface area (Å²) in [5.74, 6) is -0.798. The molecular weight excluding hydrogens is 238 g/mol. The molecule has 0 bridgehead atoms. The zero-order chi connectivity index (χ0) is 11.3. The van der Waals surface area contributed by atoms with Gasteiger partial charge in [-0.15, -0.1) is 11.6 Å². The van der Waals surface area contributed by atoms with E-state index in [4.69, 9.17) is 11.6 Å². The molecule has 0 saturated carbocycles. The lowest BCUT2D eigenvalue weighted by molar-refractivity contribution is -0.140. The highest BCUT2D eigenvalue weighted by Crippen LogP contribution is 2.05. The van der Waals surface area contributed by atoms with Crippen molar-refractivity contribution in [2.75, 3.05) is 13.7 Å². The Morgan fingerprint density at radius 2 is 2.40 bits per heavy atom. The van der Waals surface area contributed by atoms with Crippen molar-refractivity contribution in [3.8, 4) is 0 Å². The first-order valence-corrected chi connectivity index (χ1v) is 5.55. The van der Waals surface area contributed by atoms with E-state index in [2.05, 4.69) is 10.1 Å². The number of halogens is 1. The van der Waals surface area contributed by atoms with Crippen LogP contribution in [-0.2, 0) is 9.53 Å². The fraction of sp³-hybridized carbons (Fsp3) is 0.333. The van der Waals surface area contributed by atoms with Crippen LogP contribution in [0.2, 0.25) is 0 Å². The molecule has 0 aliphatic heterocycles. The van der Waals surface area contributed by atoms with Crippen molar-refractivity contribution in [3.63, 3.8) is 0 Å². The van der Waals surface area contributed by atoms with Crippen LogP contribution in [0.5, 0.6) is 0 Å². The van der Waals surface area contributed by atoms with Gasteiger partial charge in [-0.1, -0.05) is 0 Å². The summed E-state index contributed by atoms with van der Waals surface area (Å²) < 4.78 is 4.41. The van der Waals surface area contributed by atoms with Gasteiger partial charge in [0.15, 0.2) is 0 Å². The predicted molar refractivity (Wildman–Crippen MR) is 58.3 cm³/mol. The van der Waals surface area contributed by atoms with Gasteiger partial charge in [-0.25, -0.2) is 0 Å². The van der Waals surface area contributed by atoms with Gasteiger partial charge in [0, 0.05) is 17.5 Å². The number of hydrogen-bond donors (Lipinski definition) is 1. The Morgan fingerprint density at radius 1 is 1.67 bits per heavy atom. The number of amides is 1. The average Bonchev–Trinajstić information content (AvgIpc) is 2.77. The number of nitrogens with one attached hydrogen (secondary N) is 1. The minimum atomic E-state index is -0.849. The number of rotatable bonds is 4. The van der Waals surface area contributed by atoms with Gasteiger partial charge in [0.1, 0.15) is 5.38 Å². The third-order valence-electron chi connectivity index (χ3n) is 1.68. The second kappa shape index (κ2) is 5.72. The van der Waals surface area contributed by atoms with Gasteiger partial charge in [0.25, 0.3) is 5.91 Å². The van der Waals surface area contributed by atoms with Crippen molar-refractivity contribution >= 4 is 34.8 Å². The zero-order valence-electron chi connectivity index (χ0n) is 8.03. The molecular formula is C9H10ClNO3S. The molecule has 0 fully saturated rings. The van der Waals surface area contributed by atoms with E-state index in [9.17, 15) is 9.59 Å². The summed E-state index contributed by atoms with van der Waals surface area (Å²) in [7, 11) is 1.25. The molecule has 1 atom stereocenters. The highest BCUT2D eigenvalue weighted by atomic mass is 35.5. The SMILES string of the molecule is COC(=O)C(Cl)CNC(=O)c1ccsc1. The molecule has 0 aromatic carbocycles. The van der Waals surface area contributed by atoms with Crippen LogP contribution < -0.4 is 5.32 Å². The van der Waals surface area contributed by atoms with Crippen LogP contribution in [0.15, 0.2) is 16.8 Å². The van der Waals surface area contributed by atoms with E-state index in [0.717, 1.165) is 0 Å². The standard InChI is InChI=1S/C9H10ClNO3S/c1-14-9(13)7(10)4-11-8(12)6-2-3-15-5-6/h2-3,5,7H,4H2,1H3,(H,11,12). The minimum absolute atomic E-state index is 0.0584. The van der Waals surface area contributed by atoms with Crippen molar-refractivity contribution in [1.82, 2.24) is 5.32 Å². The van der Waals surface area contributed by atoms with E-state index in [-0.39, 0.29) is 12.5 Å². The van der Waals surface area contributed by atoms with E-state index >= 15 is 0 Å². The summed E-state index contributed by atoms with van der Waals surface area (Å²) >= 11 is 7.08. The topological polar surface area (TPSA) is 55.4 Å². The van der Waals surface area contributed by atoms with Crippen LogP contribution in [0.1, 0.15) is 10.4 Å². The molecule has 1 aromatic heterocycles. The van der Waals surface area contributed by atoms with Crippen LogP contribution in [-0.4, -0.2) is 30.9 Å². The molecule has 6 heteroatoms. The lowest BCUT2D eigenvalue weighted by Crippen LogP contribution is -2.33. The van der Waals surface area contributed by atoms with Crippen molar-refractivity contribution in [1.29, 1.82) is 0 Å². The molecule has 0 aliphatic carbocycles. The quantitative estimate of drug-likeness (QED) is 0.644. The van der Waals surface area contributed by atoms with E-state index in [1.807, 2.05) is 0 Å². The van der Waals surface area contributed by atoms with Crippen LogP contribution in [0, 0.1) is 0 Å². The molecule has 82 valence electrons. The predicted octanol–water partition coefficient (Wildman–Crippen LogP) is 1.26. The van der Waals surface area contributed by atoms with Gasteiger partial charge >= 0.3 is 5.97 Å². The highest BCUT2D eigenvalue weighted by molar-refractivity contribution is 7.08. The molecule has 1 N–H and O–H groups in total. The van der Waals surface area contributed by atoms with Gasteiger partial charge in [0.2, 0.25) is 0 Å². The molecule has 15 heavy (non-hydrogen) atoms. The summed E-state index contributed by atoms with van der Waals surface area (Å²) in [6, 6.07) is 1.70. The third kappa shape index (κ3) is 3.53. The van der Waals surface area contributed by atoms with Crippen molar-refractivity contribution in [2.24, 2.45) is 0 Å². The number of carbonyl (C=O) groups is 2. The van der Waals surface area contributed by atoms with Gasteiger partial charge < -0.3 is 10.1 Å². The smallest absolute Gasteiger partial charge is 0.325 e. The fourth-order valence-electron chi connectivity index (χ4n) is 0.889. The number of esters is 1. The maximum absolute atomic E-state index is 11.4. The van der Waals surface area contributed by atoms with Crippen LogP contribution in [0.3, 0.4) is 0 Å². The molecule has 1 heterocycles. The molecule has 0 aliphatic rings. The van der Waals surface area contributed by atoms with Gasteiger partial charge in [0.05, 0.1) is 7.11 Å². The van der Waals surface area contributed by atoms with Crippen LogP contribution >= 0.6 is 22.9 Å². The Morgan fingerprint density at radius 3 is 2.93 bits per heavy atom. The molecule has 1 unspecified atom stereocenters. The van der Waals surface area contributed by atoms with E-state index < -0.39 is 11.3 Å². The Hall–Kier alpha value is -1.07. The minimum Gasteiger partial charge on any atom is -0.468 e. The van der Waals surface area contributed by atoms with Crippen molar-refractivity contribution in [3.05, 3.63) is 22.4 Å². The normalized spacial score (nSPS) is 11.9. The molecule has 1 aromatic rings. The third-order valence-corrected chi connectivity index (χ3v) is 2.70. The first-order valence-electron chi connectivity index (χ1n) is 4.17. The molecule has 0 spiro atoms. The Bertz CT molecular complexity index is 339. The second-order valence-corrected chi connectivity index (χ2v) is 4.02. The summed E-state index contributed by atoms with van der Waals surface area (Å²) in [6.45, 7) is 0.0584. The number of carbonyl (C=O) groups excluding carboxylic acids is 2. The van der Waals surface area contributed by atoms with Crippen LogP contribution in [0.4, 0.5) is 0 Å². The van der Waals surface area contributed by atoms with E-state index in [1.54, 1.807) is 16.8 Å². The maximum Gasteiger partial charge on any atom is 0.325 e.